The molecule has 0 saturated heterocycles. The minimum absolute atomic E-state index is 0.434. The summed E-state index contributed by atoms with van der Waals surface area (Å²) < 4.78 is 5.47. The number of rotatable bonds is 8. The Morgan fingerprint density at radius 3 is 2.38 bits per heavy atom. The number of para-hydroxylation sites is 1. The summed E-state index contributed by atoms with van der Waals surface area (Å²) in [5, 5.41) is 3.66. The fourth-order valence-corrected chi connectivity index (χ4v) is 2.60. The predicted molar refractivity (Wildman–Crippen MR) is 88.9 cm³/mol. The third-order valence-electron chi connectivity index (χ3n) is 3.67. The third-order valence-corrected chi connectivity index (χ3v) is 3.67. The largest absolute Gasteiger partial charge is 0.496 e. The second kappa shape index (κ2) is 8.48. The molecule has 0 radical (unpaired) electrons. The van der Waals surface area contributed by atoms with Gasteiger partial charge in [-0.2, -0.15) is 0 Å². The van der Waals surface area contributed by atoms with Crippen LogP contribution in [0.4, 0.5) is 0 Å². The molecule has 0 fully saturated rings. The predicted octanol–water partition coefficient (Wildman–Crippen LogP) is 3.85. The normalized spacial score (nSPS) is 12.1. The van der Waals surface area contributed by atoms with Gasteiger partial charge in [-0.25, -0.2) is 0 Å². The second-order valence-electron chi connectivity index (χ2n) is 5.36. The van der Waals surface area contributed by atoms with Crippen LogP contribution in [0.5, 0.6) is 5.75 Å². The first kappa shape index (κ1) is 15.6. The Balaban J connectivity index is 2.08. The van der Waals surface area contributed by atoms with Gasteiger partial charge in [0.1, 0.15) is 5.75 Å². The van der Waals surface area contributed by atoms with Crippen molar-refractivity contribution in [1.29, 1.82) is 0 Å². The maximum atomic E-state index is 5.47. The zero-order valence-electron chi connectivity index (χ0n) is 13.0. The van der Waals surface area contributed by atoms with Crippen molar-refractivity contribution in [2.45, 2.75) is 32.2 Å². The molecule has 1 unspecified atom stereocenters. The number of hydrogen-bond donors (Lipinski definition) is 1. The van der Waals surface area contributed by atoms with Gasteiger partial charge in [-0.15, -0.1) is 0 Å². The lowest BCUT2D eigenvalue weighted by Gasteiger charge is -2.20. The summed E-state index contributed by atoms with van der Waals surface area (Å²) in [5.41, 5.74) is 2.64. The molecule has 0 bridgehead atoms. The van der Waals surface area contributed by atoms with Crippen molar-refractivity contribution in [3.05, 3.63) is 65.7 Å². The number of nitrogens with one attached hydrogen (secondary N) is 1. The Morgan fingerprint density at radius 1 is 0.952 bits per heavy atom. The van der Waals surface area contributed by atoms with Gasteiger partial charge < -0.3 is 10.1 Å². The zero-order chi connectivity index (χ0) is 14.9. The van der Waals surface area contributed by atoms with E-state index in [2.05, 4.69) is 54.7 Å². The summed E-state index contributed by atoms with van der Waals surface area (Å²) in [6, 6.07) is 19.4. The summed E-state index contributed by atoms with van der Waals surface area (Å²) in [6.45, 7) is 3.25. The van der Waals surface area contributed by atoms with Gasteiger partial charge in [-0.05, 0) is 43.0 Å². The van der Waals surface area contributed by atoms with Crippen LogP contribution in [0.1, 0.15) is 24.5 Å². The molecule has 0 aromatic heterocycles. The Bertz CT molecular complexity index is 524. The van der Waals surface area contributed by atoms with Gasteiger partial charge in [0.2, 0.25) is 0 Å². The van der Waals surface area contributed by atoms with Crippen LogP contribution >= 0.6 is 0 Å². The SMILES string of the molecule is CCCNC(Cc1ccccc1)Cc1ccccc1OC. The highest BCUT2D eigenvalue weighted by molar-refractivity contribution is 5.34. The maximum absolute atomic E-state index is 5.47. The van der Waals surface area contributed by atoms with Crippen LogP contribution < -0.4 is 10.1 Å². The quantitative estimate of drug-likeness (QED) is 0.794. The lowest BCUT2D eigenvalue weighted by molar-refractivity contribution is 0.404. The lowest BCUT2D eigenvalue weighted by Crippen LogP contribution is -2.33. The molecule has 2 heteroatoms. The summed E-state index contributed by atoms with van der Waals surface area (Å²) in [4.78, 5) is 0. The molecule has 0 aliphatic rings. The van der Waals surface area contributed by atoms with Gasteiger partial charge in [0.15, 0.2) is 0 Å². The Hall–Kier alpha value is -1.80. The molecule has 2 aromatic carbocycles. The molecular formula is C19H25NO. The molecule has 0 spiro atoms. The van der Waals surface area contributed by atoms with Crippen molar-refractivity contribution in [1.82, 2.24) is 5.32 Å². The van der Waals surface area contributed by atoms with E-state index in [0.717, 1.165) is 31.6 Å². The maximum Gasteiger partial charge on any atom is 0.122 e. The van der Waals surface area contributed by atoms with Crippen molar-refractivity contribution in [2.75, 3.05) is 13.7 Å². The van der Waals surface area contributed by atoms with E-state index < -0.39 is 0 Å². The fourth-order valence-electron chi connectivity index (χ4n) is 2.60. The topological polar surface area (TPSA) is 21.3 Å². The molecule has 2 rings (SSSR count). The molecule has 0 heterocycles. The van der Waals surface area contributed by atoms with Crippen molar-refractivity contribution in [2.24, 2.45) is 0 Å². The van der Waals surface area contributed by atoms with Crippen LogP contribution in [0.25, 0.3) is 0 Å². The third kappa shape index (κ3) is 4.91. The molecule has 1 N–H and O–H groups in total. The molecule has 112 valence electrons. The van der Waals surface area contributed by atoms with E-state index in [-0.39, 0.29) is 0 Å². The summed E-state index contributed by atoms with van der Waals surface area (Å²) in [7, 11) is 1.74. The minimum atomic E-state index is 0.434. The van der Waals surface area contributed by atoms with Crippen LogP contribution in [-0.4, -0.2) is 19.7 Å². The van der Waals surface area contributed by atoms with Gasteiger partial charge >= 0.3 is 0 Å². The molecule has 21 heavy (non-hydrogen) atoms. The van der Waals surface area contributed by atoms with Crippen molar-refractivity contribution in [3.8, 4) is 5.75 Å². The van der Waals surface area contributed by atoms with Gasteiger partial charge in [0.25, 0.3) is 0 Å². The fraction of sp³-hybridized carbons (Fsp3) is 0.368. The highest BCUT2D eigenvalue weighted by atomic mass is 16.5. The number of ether oxygens (including phenoxy) is 1. The minimum Gasteiger partial charge on any atom is -0.496 e. The van der Waals surface area contributed by atoms with Crippen LogP contribution in [0.2, 0.25) is 0 Å². The van der Waals surface area contributed by atoms with Crippen molar-refractivity contribution in [3.63, 3.8) is 0 Å². The standard InChI is InChI=1S/C19H25NO/c1-3-13-20-18(14-16-9-5-4-6-10-16)15-17-11-7-8-12-19(17)21-2/h4-12,18,20H,3,13-15H2,1-2H3. The van der Waals surface area contributed by atoms with E-state index in [9.17, 15) is 0 Å². The molecule has 0 amide bonds. The Morgan fingerprint density at radius 2 is 1.67 bits per heavy atom. The molecule has 2 aromatic rings. The van der Waals surface area contributed by atoms with E-state index in [4.69, 9.17) is 4.74 Å². The molecule has 2 nitrogen and oxygen atoms in total. The Kier molecular flexibility index (Phi) is 6.29. The average Bonchev–Trinajstić information content (AvgIpc) is 2.54. The molecule has 0 aliphatic carbocycles. The molecule has 0 aliphatic heterocycles. The van der Waals surface area contributed by atoms with Crippen LogP contribution in [0.15, 0.2) is 54.6 Å². The lowest BCUT2D eigenvalue weighted by atomic mass is 9.98. The monoisotopic (exact) mass is 283 g/mol. The van der Waals surface area contributed by atoms with Crippen molar-refractivity contribution < 1.29 is 4.74 Å². The average molecular weight is 283 g/mol. The van der Waals surface area contributed by atoms with Gasteiger partial charge in [-0.3, -0.25) is 0 Å². The summed E-state index contributed by atoms with van der Waals surface area (Å²) in [6.07, 6.45) is 3.18. The van der Waals surface area contributed by atoms with Gasteiger partial charge in [-0.1, -0.05) is 55.5 Å². The highest BCUT2D eigenvalue weighted by Crippen LogP contribution is 2.20. The van der Waals surface area contributed by atoms with Gasteiger partial charge in [0.05, 0.1) is 7.11 Å². The molecular weight excluding hydrogens is 258 g/mol. The van der Waals surface area contributed by atoms with Crippen LogP contribution in [0.3, 0.4) is 0 Å². The molecule has 0 saturated carbocycles. The highest BCUT2D eigenvalue weighted by Gasteiger charge is 2.12. The second-order valence-corrected chi connectivity index (χ2v) is 5.36. The van der Waals surface area contributed by atoms with Gasteiger partial charge in [0, 0.05) is 6.04 Å². The number of benzene rings is 2. The van der Waals surface area contributed by atoms with Crippen LogP contribution in [0, 0.1) is 0 Å². The van der Waals surface area contributed by atoms with Crippen LogP contribution in [-0.2, 0) is 12.8 Å². The molecule has 1 atom stereocenters. The first-order valence-electron chi connectivity index (χ1n) is 7.72. The zero-order valence-corrected chi connectivity index (χ0v) is 13.0. The smallest absolute Gasteiger partial charge is 0.122 e. The van der Waals surface area contributed by atoms with Crippen molar-refractivity contribution >= 4 is 0 Å². The van der Waals surface area contributed by atoms with E-state index in [0.29, 0.717) is 6.04 Å². The van der Waals surface area contributed by atoms with E-state index in [1.54, 1.807) is 7.11 Å². The Labute approximate surface area is 128 Å². The summed E-state index contributed by atoms with van der Waals surface area (Å²) in [5.74, 6) is 0.980. The van der Waals surface area contributed by atoms with E-state index in [1.165, 1.54) is 11.1 Å². The first-order chi connectivity index (χ1) is 10.3. The number of hydrogen-bond acceptors (Lipinski definition) is 2. The van der Waals surface area contributed by atoms with E-state index in [1.807, 2.05) is 12.1 Å². The summed E-state index contributed by atoms with van der Waals surface area (Å²) >= 11 is 0. The number of methoxy groups -OCH3 is 1. The first-order valence-corrected chi connectivity index (χ1v) is 7.72. The van der Waals surface area contributed by atoms with E-state index >= 15 is 0 Å².